The summed E-state index contributed by atoms with van der Waals surface area (Å²) in [7, 11) is 1.66. The van der Waals surface area contributed by atoms with E-state index in [4.69, 9.17) is 19.6 Å². The molecule has 0 spiro atoms. The molecule has 5 nitrogen and oxygen atoms in total. The Morgan fingerprint density at radius 2 is 1.96 bits per heavy atom. The quantitative estimate of drug-likeness (QED) is 0.527. The zero-order chi connectivity index (χ0) is 19.8. The molecule has 0 amide bonds. The molecule has 1 N–H and O–H groups in total. The van der Waals surface area contributed by atoms with Gasteiger partial charge < -0.3 is 19.1 Å². The van der Waals surface area contributed by atoms with Gasteiger partial charge in [0.25, 0.3) is 0 Å². The van der Waals surface area contributed by atoms with Crippen molar-refractivity contribution in [1.82, 2.24) is 9.55 Å². The van der Waals surface area contributed by atoms with Crippen LogP contribution in [0.5, 0.6) is 11.5 Å². The van der Waals surface area contributed by atoms with Gasteiger partial charge in [0.1, 0.15) is 5.82 Å². The highest BCUT2D eigenvalue weighted by atomic mass is 16.5. The van der Waals surface area contributed by atoms with Crippen molar-refractivity contribution in [3.05, 3.63) is 59.9 Å². The van der Waals surface area contributed by atoms with Crippen LogP contribution in [0.3, 0.4) is 0 Å². The topological polar surface area (TPSA) is 56.5 Å². The Morgan fingerprint density at radius 1 is 1.11 bits per heavy atom. The maximum atomic E-state index is 9.16. The summed E-state index contributed by atoms with van der Waals surface area (Å²) in [6.45, 7) is 3.58. The van der Waals surface area contributed by atoms with Gasteiger partial charge in [0.2, 0.25) is 0 Å². The molecule has 0 aliphatic heterocycles. The summed E-state index contributed by atoms with van der Waals surface area (Å²) in [5.41, 5.74) is 3.21. The van der Waals surface area contributed by atoms with Crippen molar-refractivity contribution in [1.29, 1.82) is 0 Å². The standard InChI is InChI=1S/C23H28N2O3/c1-3-8-18-12-13-21(22(17-18)27-2)28-16-7-14-25-20-10-5-4-9-19(20)24-23(25)11-6-15-26/h3-5,8-10,12-13,17,26H,6-7,11,14-16H2,1-2H3/b8-3+. The summed E-state index contributed by atoms with van der Waals surface area (Å²) < 4.78 is 13.7. The Morgan fingerprint density at radius 3 is 2.75 bits per heavy atom. The highest BCUT2D eigenvalue weighted by Crippen LogP contribution is 2.28. The number of rotatable bonds is 10. The number of aliphatic hydroxyl groups excluding tert-OH is 1. The van der Waals surface area contributed by atoms with Crippen LogP contribution in [-0.2, 0) is 13.0 Å². The average Bonchev–Trinajstić information content (AvgIpc) is 3.08. The number of imidazole rings is 1. The van der Waals surface area contributed by atoms with Crippen molar-refractivity contribution < 1.29 is 14.6 Å². The number of ether oxygens (including phenoxy) is 2. The Hall–Kier alpha value is -2.79. The van der Waals surface area contributed by atoms with E-state index in [1.165, 1.54) is 0 Å². The average molecular weight is 380 g/mol. The number of aryl methyl sites for hydroxylation is 2. The molecule has 1 heterocycles. The monoisotopic (exact) mass is 380 g/mol. The second kappa shape index (κ2) is 9.95. The minimum atomic E-state index is 0.176. The van der Waals surface area contributed by atoms with Crippen LogP contribution in [0.15, 0.2) is 48.5 Å². The number of hydrogen-bond acceptors (Lipinski definition) is 4. The number of nitrogens with zero attached hydrogens (tertiary/aromatic N) is 2. The van der Waals surface area contributed by atoms with Gasteiger partial charge in [-0.3, -0.25) is 0 Å². The lowest BCUT2D eigenvalue weighted by Gasteiger charge is -2.13. The Balaban J connectivity index is 1.65. The summed E-state index contributed by atoms with van der Waals surface area (Å²) in [4.78, 5) is 4.73. The maximum absolute atomic E-state index is 9.16. The molecule has 1 aromatic heterocycles. The van der Waals surface area contributed by atoms with Crippen LogP contribution in [0.2, 0.25) is 0 Å². The van der Waals surface area contributed by atoms with Crippen LogP contribution in [-0.4, -0.2) is 35.0 Å². The molecule has 148 valence electrons. The fourth-order valence-corrected chi connectivity index (χ4v) is 3.31. The normalized spacial score (nSPS) is 11.4. The molecule has 2 aromatic carbocycles. The molecule has 0 aliphatic rings. The molecule has 0 saturated heterocycles. The first kappa shape index (κ1) is 20.0. The summed E-state index contributed by atoms with van der Waals surface area (Å²) in [6.07, 6.45) is 6.37. The molecular formula is C23H28N2O3. The molecule has 0 aliphatic carbocycles. The van der Waals surface area contributed by atoms with E-state index in [2.05, 4.69) is 10.6 Å². The highest BCUT2D eigenvalue weighted by molar-refractivity contribution is 5.75. The number of methoxy groups -OCH3 is 1. The summed E-state index contributed by atoms with van der Waals surface area (Å²) >= 11 is 0. The fraction of sp³-hybridized carbons (Fsp3) is 0.348. The number of aromatic nitrogens is 2. The summed E-state index contributed by atoms with van der Waals surface area (Å²) in [5.74, 6) is 2.52. The van der Waals surface area contributed by atoms with E-state index in [-0.39, 0.29) is 6.61 Å². The predicted octanol–water partition coefficient (Wildman–Crippen LogP) is 4.47. The molecular weight excluding hydrogens is 352 g/mol. The first-order chi connectivity index (χ1) is 13.8. The number of aliphatic hydroxyl groups is 1. The van der Waals surface area contributed by atoms with E-state index in [0.29, 0.717) is 6.61 Å². The Bertz CT molecular complexity index is 931. The lowest BCUT2D eigenvalue weighted by molar-refractivity contribution is 0.279. The van der Waals surface area contributed by atoms with E-state index >= 15 is 0 Å². The maximum Gasteiger partial charge on any atom is 0.161 e. The van der Waals surface area contributed by atoms with Crippen molar-refractivity contribution in [3.63, 3.8) is 0 Å². The van der Waals surface area contributed by atoms with Gasteiger partial charge in [-0.1, -0.05) is 30.4 Å². The minimum absolute atomic E-state index is 0.176. The number of para-hydroxylation sites is 2. The molecule has 3 rings (SSSR count). The van der Waals surface area contributed by atoms with Gasteiger partial charge in [-0.2, -0.15) is 0 Å². The molecule has 28 heavy (non-hydrogen) atoms. The molecule has 0 atom stereocenters. The zero-order valence-corrected chi connectivity index (χ0v) is 16.6. The third-order valence-electron chi connectivity index (χ3n) is 4.62. The zero-order valence-electron chi connectivity index (χ0n) is 16.6. The van der Waals surface area contributed by atoms with Crippen LogP contribution >= 0.6 is 0 Å². The molecule has 0 saturated carbocycles. The predicted molar refractivity (Wildman–Crippen MR) is 113 cm³/mol. The van der Waals surface area contributed by atoms with Crippen molar-refractivity contribution >= 4 is 17.1 Å². The highest BCUT2D eigenvalue weighted by Gasteiger charge is 2.10. The van der Waals surface area contributed by atoms with Crippen LogP contribution in [0.4, 0.5) is 0 Å². The third-order valence-corrected chi connectivity index (χ3v) is 4.62. The molecule has 0 unspecified atom stereocenters. The second-order valence-electron chi connectivity index (χ2n) is 6.61. The van der Waals surface area contributed by atoms with Gasteiger partial charge in [-0.05, 0) is 49.6 Å². The molecule has 5 heteroatoms. The van der Waals surface area contributed by atoms with E-state index in [1.807, 2.05) is 55.5 Å². The van der Waals surface area contributed by atoms with Gasteiger partial charge in [0, 0.05) is 19.6 Å². The van der Waals surface area contributed by atoms with E-state index in [1.54, 1.807) is 7.11 Å². The largest absolute Gasteiger partial charge is 0.493 e. The van der Waals surface area contributed by atoms with Crippen molar-refractivity contribution in [3.8, 4) is 11.5 Å². The smallest absolute Gasteiger partial charge is 0.161 e. The second-order valence-corrected chi connectivity index (χ2v) is 6.61. The Labute approximate surface area is 166 Å². The van der Waals surface area contributed by atoms with Gasteiger partial charge in [-0.25, -0.2) is 4.98 Å². The van der Waals surface area contributed by atoms with Crippen LogP contribution in [0, 0.1) is 0 Å². The van der Waals surface area contributed by atoms with Crippen LogP contribution in [0.25, 0.3) is 17.1 Å². The van der Waals surface area contributed by atoms with Gasteiger partial charge in [0.15, 0.2) is 11.5 Å². The number of hydrogen-bond donors (Lipinski definition) is 1. The van der Waals surface area contributed by atoms with E-state index in [0.717, 1.165) is 59.7 Å². The third kappa shape index (κ3) is 4.73. The van der Waals surface area contributed by atoms with Crippen molar-refractivity contribution in [2.75, 3.05) is 20.3 Å². The molecule has 3 aromatic rings. The number of fused-ring (bicyclic) bond motifs is 1. The van der Waals surface area contributed by atoms with Crippen LogP contribution in [0.1, 0.15) is 31.2 Å². The molecule has 0 radical (unpaired) electrons. The first-order valence-corrected chi connectivity index (χ1v) is 9.75. The summed E-state index contributed by atoms with van der Waals surface area (Å²) in [6, 6.07) is 14.1. The van der Waals surface area contributed by atoms with Crippen molar-refractivity contribution in [2.45, 2.75) is 32.7 Å². The van der Waals surface area contributed by atoms with Gasteiger partial charge >= 0.3 is 0 Å². The van der Waals surface area contributed by atoms with Gasteiger partial charge in [-0.15, -0.1) is 0 Å². The fourth-order valence-electron chi connectivity index (χ4n) is 3.31. The lowest BCUT2D eigenvalue weighted by atomic mass is 10.2. The molecule has 0 fully saturated rings. The van der Waals surface area contributed by atoms with E-state index in [9.17, 15) is 0 Å². The number of allylic oxidation sites excluding steroid dienone is 1. The number of benzene rings is 2. The summed E-state index contributed by atoms with van der Waals surface area (Å²) in [5, 5.41) is 9.16. The van der Waals surface area contributed by atoms with Gasteiger partial charge in [0.05, 0.1) is 24.8 Å². The minimum Gasteiger partial charge on any atom is -0.493 e. The SMILES string of the molecule is C/C=C/c1ccc(OCCCn2c(CCCO)nc3ccccc32)c(OC)c1. The first-order valence-electron chi connectivity index (χ1n) is 9.75. The molecule has 0 bridgehead atoms. The van der Waals surface area contributed by atoms with E-state index < -0.39 is 0 Å². The van der Waals surface area contributed by atoms with Crippen LogP contribution < -0.4 is 9.47 Å². The lowest BCUT2D eigenvalue weighted by Crippen LogP contribution is -2.09. The Kier molecular flexibility index (Phi) is 7.09. The van der Waals surface area contributed by atoms with Crippen molar-refractivity contribution in [2.24, 2.45) is 0 Å².